The van der Waals surface area contributed by atoms with Gasteiger partial charge in [0.2, 0.25) is 5.91 Å². The quantitative estimate of drug-likeness (QED) is 0.413. The summed E-state index contributed by atoms with van der Waals surface area (Å²) in [5.41, 5.74) is 4.41. The summed E-state index contributed by atoms with van der Waals surface area (Å²) in [7, 11) is 0. The summed E-state index contributed by atoms with van der Waals surface area (Å²) in [5, 5.41) is 12.5. The molecule has 0 saturated carbocycles. The Bertz CT molecular complexity index is 1600. The molecule has 1 amide bonds. The van der Waals surface area contributed by atoms with Gasteiger partial charge in [0.1, 0.15) is 16.9 Å². The number of anilines is 1. The lowest BCUT2D eigenvalue weighted by Crippen LogP contribution is -2.34. The molecule has 0 saturated heterocycles. The van der Waals surface area contributed by atoms with Gasteiger partial charge in [-0.25, -0.2) is 9.36 Å². The average Bonchev–Trinajstić information content (AvgIpc) is 3.52. The van der Waals surface area contributed by atoms with Crippen molar-refractivity contribution >= 4 is 22.5 Å². The largest absolute Gasteiger partial charge is 0.324 e. The maximum Gasteiger partial charge on any atom is 0.280 e. The lowest BCUT2D eigenvalue weighted by Gasteiger charge is -2.16. The van der Waals surface area contributed by atoms with Crippen molar-refractivity contribution in [3.8, 4) is 11.5 Å². The highest BCUT2D eigenvalue weighted by Crippen LogP contribution is 2.25. The molecule has 0 aliphatic heterocycles. The number of aromatic nitrogens is 5. The summed E-state index contributed by atoms with van der Waals surface area (Å²) >= 11 is 0. The van der Waals surface area contributed by atoms with Crippen molar-refractivity contribution < 1.29 is 4.79 Å². The predicted molar refractivity (Wildman–Crippen MR) is 136 cm³/mol. The van der Waals surface area contributed by atoms with Crippen molar-refractivity contribution in [2.45, 2.75) is 33.7 Å². The first-order valence-electron chi connectivity index (χ1n) is 11.4. The van der Waals surface area contributed by atoms with Crippen molar-refractivity contribution in [3.63, 3.8) is 0 Å². The molecule has 5 aromatic rings. The van der Waals surface area contributed by atoms with Gasteiger partial charge in [-0.05, 0) is 75.2 Å². The molecule has 1 N–H and O–H groups in total. The van der Waals surface area contributed by atoms with Crippen LogP contribution >= 0.6 is 0 Å². The van der Waals surface area contributed by atoms with E-state index in [1.54, 1.807) is 18.5 Å². The summed E-state index contributed by atoms with van der Waals surface area (Å²) in [6.07, 6.45) is 3.73. The fraction of sp³-hybridized carbons (Fsp3) is 0.185. The standard InChI is InChI=1S/C27H26N6O2/c1-17-12-13-21(16-18(17)2)28-25(34)20(4)32-27(35)23-24(19(3)29-32)30-33(22-10-6-5-7-11-22)26(23)31-14-8-9-15-31/h5-16,20H,1-4H3,(H,28,34)/t20-/m1/s1. The van der Waals surface area contributed by atoms with Gasteiger partial charge in [-0.15, -0.1) is 0 Å². The van der Waals surface area contributed by atoms with Crippen LogP contribution in [0.1, 0.15) is 29.8 Å². The Hall–Kier alpha value is -4.46. The van der Waals surface area contributed by atoms with Gasteiger partial charge in [-0.2, -0.15) is 10.2 Å². The number of hydrogen-bond donors (Lipinski definition) is 1. The van der Waals surface area contributed by atoms with Crippen molar-refractivity contribution in [2.75, 3.05) is 5.32 Å². The van der Waals surface area contributed by atoms with E-state index in [-0.39, 0.29) is 11.5 Å². The van der Waals surface area contributed by atoms with Crippen LogP contribution in [-0.4, -0.2) is 30.0 Å². The van der Waals surface area contributed by atoms with Gasteiger partial charge in [0.05, 0.1) is 11.4 Å². The topological polar surface area (TPSA) is 86.7 Å². The third-order valence-corrected chi connectivity index (χ3v) is 6.25. The number of hydrogen-bond acceptors (Lipinski definition) is 4. The number of para-hydroxylation sites is 1. The molecule has 0 unspecified atom stereocenters. The van der Waals surface area contributed by atoms with Gasteiger partial charge < -0.3 is 9.88 Å². The van der Waals surface area contributed by atoms with E-state index in [0.29, 0.717) is 28.1 Å². The van der Waals surface area contributed by atoms with Crippen molar-refractivity contribution in [2.24, 2.45) is 0 Å². The van der Waals surface area contributed by atoms with Crippen molar-refractivity contribution in [1.29, 1.82) is 0 Å². The second kappa shape index (κ2) is 8.72. The van der Waals surface area contributed by atoms with Crippen molar-refractivity contribution in [3.05, 3.63) is 100 Å². The second-order valence-corrected chi connectivity index (χ2v) is 8.68. The van der Waals surface area contributed by atoms with Gasteiger partial charge in [0, 0.05) is 18.1 Å². The van der Waals surface area contributed by atoms with E-state index in [9.17, 15) is 9.59 Å². The molecular formula is C27H26N6O2. The first-order valence-corrected chi connectivity index (χ1v) is 11.4. The van der Waals surface area contributed by atoms with Gasteiger partial charge in [-0.1, -0.05) is 24.3 Å². The van der Waals surface area contributed by atoms with Crippen LogP contribution in [0.25, 0.3) is 22.4 Å². The number of carbonyl (C=O) groups is 1. The third kappa shape index (κ3) is 3.93. The van der Waals surface area contributed by atoms with E-state index in [2.05, 4.69) is 10.4 Å². The summed E-state index contributed by atoms with van der Waals surface area (Å²) in [6.45, 7) is 7.48. The van der Waals surface area contributed by atoms with E-state index in [0.717, 1.165) is 16.8 Å². The highest BCUT2D eigenvalue weighted by atomic mass is 16.2. The number of rotatable bonds is 5. The zero-order valence-electron chi connectivity index (χ0n) is 20.1. The molecule has 5 rings (SSSR count). The molecule has 0 bridgehead atoms. The number of nitrogens with zero attached hydrogens (tertiary/aromatic N) is 5. The predicted octanol–water partition coefficient (Wildman–Crippen LogP) is 4.50. The van der Waals surface area contributed by atoms with Gasteiger partial charge in [-0.3, -0.25) is 9.59 Å². The SMILES string of the molecule is Cc1ccc(NC(=O)[C@@H](C)n2nc(C)c3nn(-c4ccccc4)c(-n4cccc4)c3c2=O)cc1C. The number of carbonyl (C=O) groups excluding carboxylic acids is 1. The summed E-state index contributed by atoms with van der Waals surface area (Å²) in [6, 6.07) is 18.3. The molecule has 0 aliphatic carbocycles. The van der Waals surface area contributed by atoms with Crippen LogP contribution in [0.3, 0.4) is 0 Å². The summed E-state index contributed by atoms with van der Waals surface area (Å²) in [5.74, 6) is 0.279. The number of amides is 1. The Morgan fingerprint density at radius 2 is 1.63 bits per heavy atom. The molecule has 2 aromatic carbocycles. The maximum atomic E-state index is 13.8. The minimum absolute atomic E-state index is 0.320. The molecule has 0 spiro atoms. The Balaban J connectivity index is 1.64. The van der Waals surface area contributed by atoms with Crippen LogP contribution in [0.2, 0.25) is 0 Å². The minimum Gasteiger partial charge on any atom is -0.324 e. The summed E-state index contributed by atoms with van der Waals surface area (Å²) < 4.78 is 4.84. The molecular weight excluding hydrogens is 440 g/mol. The van der Waals surface area contributed by atoms with Gasteiger partial charge >= 0.3 is 0 Å². The Labute approximate surface area is 202 Å². The smallest absolute Gasteiger partial charge is 0.280 e. The molecule has 8 nitrogen and oxygen atoms in total. The normalized spacial score (nSPS) is 12.1. The number of aryl methyl sites for hydroxylation is 3. The zero-order valence-corrected chi connectivity index (χ0v) is 20.1. The molecule has 8 heteroatoms. The van der Waals surface area contributed by atoms with Crippen LogP contribution in [0.5, 0.6) is 0 Å². The first kappa shape index (κ1) is 22.3. The molecule has 0 fully saturated rings. The van der Waals surface area contributed by atoms with Gasteiger partial charge in [0.15, 0.2) is 5.82 Å². The highest BCUT2D eigenvalue weighted by molar-refractivity contribution is 5.94. The van der Waals surface area contributed by atoms with Crippen LogP contribution < -0.4 is 10.9 Å². The minimum atomic E-state index is -0.829. The number of nitrogens with one attached hydrogen (secondary N) is 1. The summed E-state index contributed by atoms with van der Waals surface area (Å²) in [4.78, 5) is 26.9. The van der Waals surface area contributed by atoms with E-state index in [1.807, 2.05) is 91.5 Å². The maximum absolute atomic E-state index is 13.8. The van der Waals surface area contributed by atoms with Crippen LogP contribution in [-0.2, 0) is 4.79 Å². The van der Waals surface area contributed by atoms with E-state index >= 15 is 0 Å². The van der Waals surface area contributed by atoms with E-state index < -0.39 is 6.04 Å². The Morgan fingerprint density at radius 3 is 2.31 bits per heavy atom. The van der Waals surface area contributed by atoms with E-state index in [1.165, 1.54) is 4.68 Å². The van der Waals surface area contributed by atoms with Crippen LogP contribution in [0.15, 0.2) is 77.9 Å². The molecule has 1 atom stereocenters. The Kier molecular flexibility index (Phi) is 5.56. The number of fused-ring (bicyclic) bond motifs is 1. The first-order chi connectivity index (χ1) is 16.8. The third-order valence-electron chi connectivity index (χ3n) is 6.25. The highest BCUT2D eigenvalue weighted by Gasteiger charge is 2.25. The van der Waals surface area contributed by atoms with E-state index in [4.69, 9.17) is 5.10 Å². The monoisotopic (exact) mass is 466 g/mol. The van der Waals surface area contributed by atoms with Crippen LogP contribution in [0, 0.1) is 20.8 Å². The fourth-order valence-electron chi connectivity index (χ4n) is 4.13. The lowest BCUT2D eigenvalue weighted by atomic mass is 10.1. The molecule has 0 aliphatic rings. The van der Waals surface area contributed by atoms with Crippen molar-refractivity contribution in [1.82, 2.24) is 24.1 Å². The zero-order chi connectivity index (χ0) is 24.7. The second-order valence-electron chi connectivity index (χ2n) is 8.68. The average molecular weight is 467 g/mol. The lowest BCUT2D eigenvalue weighted by molar-refractivity contribution is -0.119. The molecule has 3 aromatic heterocycles. The molecule has 3 heterocycles. The van der Waals surface area contributed by atoms with Crippen LogP contribution in [0.4, 0.5) is 5.69 Å². The molecule has 176 valence electrons. The van der Waals surface area contributed by atoms with Gasteiger partial charge in [0.25, 0.3) is 5.56 Å². The number of benzene rings is 2. The molecule has 35 heavy (non-hydrogen) atoms. The molecule has 0 radical (unpaired) electrons. The fourth-order valence-corrected chi connectivity index (χ4v) is 4.13. The Morgan fingerprint density at radius 1 is 0.914 bits per heavy atom.